The Labute approximate surface area is 188 Å². The van der Waals surface area contributed by atoms with E-state index in [9.17, 15) is 4.79 Å². The predicted molar refractivity (Wildman–Crippen MR) is 122 cm³/mol. The van der Waals surface area contributed by atoms with Gasteiger partial charge in [-0.3, -0.25) is 9.63 Å². The third-order valence-electron chi connectivity index (χ3n) is 6.57. The Balaban J connectivity index is 1.70. The van der Waals surface area contributed by atoms with Crippen LogP contribution in [0.4, 0.5) is 5.69 Å². The topological polar surface area (TPSA) is 48.0 Å². The van der Waals surface area contributed by atoms with Crippen LogP contribution in [0, 0.1) is 5.41 Å². The number of para-hydroxylation sites is 2. The molecule has 0 aliphatic carbocycles. The maximum Gasteiger partial charge on any atom is 0.321 e. The fourth-order valence-corrected chi connectivity index (χ4v) is 4.88. The third-order valence-corrected chi connectivity index (χ3v) is 6.57. The Bertz CT molecular complexity index is 1110. The van der Waals surface area contributed by atoms with Crippen LogP contribution in [0.2, 0.25) is 0 Å². The van der Waals surface area contributed by atoms with E-state index < -0.39 is 17.6 Å². The fraction of sp³-hybridized carbons (Fsp3) is 0.296. The van der Waals surface area contributed by atoms with E-state index in [0.717, 1.165) is 22.6 Å². The number of carbonyl (C=O) groups is 1. The fourth-order valence-electron chi connectivity index (χ4n) is 4.88. The van der Waals surface area contributed by atoms with E-state index in [4.69, 9.17) is 14.3 Å². The van der Waals surface area contributed by atoms with Crippen molar-refractivity contribution in [2.24, 2.45) is 5.41 Å². The summed E-state index contributed by atoms with van der Waals surface area (Å²) in [6, 6.07) is 25.6. The van der Waals surface area contributed by atoms with Crippen molar-refractivity contribution in [1.82, 2.24) is 0 Å². The molecule has 0 bridgehead atoms. The second kappa shape index (κ2) is 7.99. The first-order chi connectivity index (χ1) is 15.6. The zero-order valence-corrected chi connectivity index (χ0v) is 18.5. The average Bonchev–Trinajstić information content (AvgIpc) is 3.21. The normalized spacial score (nSPS) is 23.9. The van der Waals surface area contributed by atoms with Gasteiger partial charge in [0, 0.05) is 5.56 Å². The van der Waals surface area contributed by atoms with E-state index in [1.54, 1.807) is 0 Å². The van der Waals surface area contributed by atoms with Gasteiger partial charge in [-0.05, 0) is 35.2 Å². The van der Waals surface area contributed by atoms with Crippen LogP contribution < -0.4 is 9.80 Å². The number of carbonyl (C=O) groups excluding carboxylic acids is 1. The molecule has 0 aromatic heterocycles. The first-order valence-corrected chi connectivity index (χ1v) is 11.0. The van der Waals surface area contributed by atoms with Crippen LogP contribution in [0.15, 0.2) is 78.9 Å². The van der Waals surface area contributed by atoms with Gasteiger partial charge < -0.3 is 9.47 Å². The second-order valence-electron chi connectivity index (χ2n) is 8.73. The summed E-state index contributed by atoms with van der Waals surface area (Å²) in [7, 11) is 1.43. The van der Waals surface area contributed by atoms with E-state index >= 15 is 0 Å². The minimum absolute atomic E-state index is 0.168. The van der Waals surface area contributed by atoms with Crippen LogP contribution >= 0.6 is 0 Å². The Morgan fingerprint density at radius 2 is 1.69 bits per heavy atom. The maximum absolute atomic E-state index is 13.5. The predicted octanol–water partition coefficient (Wildman–Crippen LogP) is 5.60. The number of rotatable bonds is 4. The molecule has 0 saturated carbocycles. The molecule has 5 nitrogen and oxygen atoms in total. The Hall–Kier alpha value is -3.31. The molecule has 0 spiro atoms. The molecule has 2 aliphatic rings. The number of nitrogens with zero attached hydrogens (tertiary/aromatic N) is 1. The highest BCUT2D eigenvalue weighted by Crippen LogP contribution is 2.61. The molecule has 2 aliphatic heterocycles. The molecule has 5 rings (SSSR count). The van der Waals surface area contributed by atoms with Crippen molar-refractivity contribution in [1.29, 1.82) is 0 Å². The molecule has 0 N–H and O–H groups in total. The van der Waals surface area contributed by atoms with Crippen LogP contribution in [-0.4, -0.2) is 19.7 Å². The SMILES string of the molecule is COC(=O)C12COc3ccccc3C1N(c1ccccc1)OC2c1ccc(C(C)C)cc1. The molecule has 1 fully saturated rings. The van der Waals surface area contributed by atoms with Crippen molar-refractivity contribution in [3.63, 3.8) is 0 Å². The minimum atomic E-state index is -1.06. The van der Waals surface area contributed by atoms with Gasteiger partial charge in [-0.1, -0.05) is 74.5 Å². The van der Waals surface area contributed by atoms with Gasteiger partial charge in [-0.2, -0.15) is 0 Å². The van der Waals surface area contributed by atoms with Gasteiger partial charge in [-0.25, -0.2) is 5.06 Å². The van der Waals surface area contributed by atoms with Crippen molar-refractivity contribution < 1.29 is 19.1 Å². The lowest BCUT2D eigenvalue weighted by atomic mass is 9.70. The minimum Gasteiger partial charge on any atom is -0.492 e. The van der Waals surface area contributed by atoms with Crippen molar-refractivity contribution in [3.8, 4) is 5.75 Å². The van der Waals surface area contributed by atoms with E-state index in [2.05, 4.69) is 38.1 Å². The molecule has 0 radical (unpaired) electrons. The molecule has 3 aromatic carbocycles. The van der Waals surface area contributed by atoms with Gasteiger partial charge in [0.15, 0.2) is 5.41 Å². The molecular formula is C27H27NO4. The van der Waals surface area contributed by atoms with Crippen LogP contribution in [0.3, 0.4) is 0 Å². The molecule has 1 saturated heterocycles. The summed E-state index contributed by atoms with van der Waals surface area (Å²) in [6.45, 7) is 4.49. The summed E-state index contributed by atoms with van der Waals surface area (Å²) in [5.74, 6) is 0.840. The van der Waals surface area contributed by atoms with E-state index in [1.165, 1.54) is 12.7 Å². The first kappa shape index (κ1) is 20.6. The summed E-state index contributed by atoms with van der Waals surface area (Å²) in [6.07, 6.45) is -0.560. The number of hydrogen-bond acceptors (Lipinski definition) is 5. The quantitative estimate of drug-likeness (QED) is 0.506. The van der Waals surface area contributed by atoms with E-state index in [-0.39, 0.29) is 12.6 Å². The number of anilines is 1. The monoisotopic (exact) mass is 429 g/mol. The van der Waals surface area contributed by atoms with Crippen LogP contribution in [0.1, 0.15) is 48.6 Å². The smallest absolute Gasteiger partial charge is 0.321 e. The maximum atomic E-state index is 13.5. The summed E-state index contributed by atoms with van der Waals surface area (Å²) in [5, 5.41) is 1.86. The van der Waals surface area contributed by atoms with Gasteiger partial charge in [0.05, 0.1) is 12.8 Å². The van der Waals surface area contributed by atoms with E-state index in [1.807, 2.05) is 59.7 Å². The average molecular weight is 430 g/mol. The Kier molecular flexibility index (Phi) is 5.14. The molecule has 32 heavy (non-hydrogen) atoms. The number of fused-ring (bicyclic) bond motifs is 3. The lowest BCUT2D eigenvalue weighted by Gasteiger charge is -2.40. The summed E-state index contributed by atoms with van der Waals surface area (Å²) < 4.78 is 11.5. The van der Waals surface area contributed by atoms with Crippen molar-refractivity contribution in [3.05, 3.63) is 95.6 Å². The number of ether oxygens (including phenoxy) is 2. The summed E-state index contributed by atoms with van der Waals surface area (Å²) >= 11 is 0. The highest BCUT2D eigenvalue weighted by molar-refractivity contribution is 5.82. The first-order valence-electron chi connectivity index (χ1n) is 11.0. The zero-order chi connectivity index (χ0) is 22.3. The van der Waals surface area contributed by atoms with Crippen molar-refractivity contribution in [2.45, 2.75) is 31.9 Å². The third kappa shape index (κ3) is 3.07. The highest BCUT2D eigenvalue weighted by Gasteiger charge is 2.65. The van der Waals surface area contributed by atoms with Crippen LogP contribution in [0.5, 0.6) is 5.75 Å². The van der Waals surface area contributed by atoms with Crippen LogP contribution in [0.25, 0.3) is 0 Å². The van der Waals surface area contributed by atoms with Gasteiger partial charge in [0.1, 0.15) is 24.5 Å². The second-order valence-corrected chi connectivity index (χ2v) is 8.73. The standard InChI is InChI=1S/C27H27NO4/c1-18(2)19-13-15-20(16-14-19)25-27(26(29)30-3)17-31-23-12-8-7-11-22(23)24(27)28(32-25)21-9-5-4-6-10-21/h4-16,18,24-25H,17H2,1-3H3. The number of hydroxylamine groups is 1. The molecule has 2 heterocycles. The number of benzene rings is 3. The Morgan fingerprint density at radius 3 is 2.38 bits per heavy atom. The van der Waals surface area contributed by atoms with Crippen molar-refractivity contribution in [2.75, 3.05) is 18.8 Å². The number of hydrogen-bond donors (Lipinski definition) is 0. The van der Waals surface area contributed by atoms with Crippen LogP contribution in [-0.2, 0) is 14.4 Å². The molecule has 3 unspecified atom stereocenters. The molecule has 0 amide bonds. The summed E-state index contributed by atoms with van der Waals surface area (Å²) in [5.41, 5.74) is 2.89. The molecule has 3 aromatic rings. The molecule has 5 heteroatoms. The molecule has 3 atom stereocenters. The zero-order valence-electron chi connectivity index (χ0n) is 18.5. The van der Waals surface area contributed by atoms with E-state index in [0.29, 0.717) is 5.92 Å². The van der Waals surface area contributed by atoms with Gasteiger partial charge in [-0.15, -0.1) is 0 Å². The molecule has 164 valence electrons. The highest BCUT2D eigenvalue weighted by atomic mass is 16.7. The number of methoxy groups -OCH3 is 1. The Morgan fingerprint density at radius 1 is 1.00 bits per heavy atom. The largest absolute Gasteiger partial charge is 0.492 e. The molecular weight excluding hydrogens is 402 g/mol. The van der Waals surface area contributed by atoms with Gasteiger partial charge >= 0.3 is 5.97 Å². The van der Waals surface area contributed by atoms with Gasteiger partial charge in [0.25, 0.3) is 0 Å². The lowest BCUT2D eigenvalue weighted by Crippen LogP contribution is -2.48. The summed E-state index contributed by atoms with van der Waals surface area (Å²) in [4.78, 5) is 20.1. The van der Waals surface area contributed by atoms with Crippen molar-refractivity contribution >= 4 is 11.7 Å². The number of esters is 1. The lowest BCUT2D eigenvalue weighted by molar-refractivity contribution is -0.161. The van der Waals surface area contributed by atoms with Gasteiger partial charge in [0.2, 0.25) is 0 Å².